The number of aromatic nitrogens is 2. The Morgan fingerprint density at radius 1 is 1.06 bits per heavy atom. The standard InChI is InChI=1S/C25H30N4O2/c1-2-3-14-29(18-20-9-5-4-6-10-20)24(30)21-12-16-27(17-13-21)25(31)22-19-28-15-8-7-11-23(28)26-22/h4-11,15,19,21H,2-3,12-14,16-18H2,1H3. The van der Waals surface area contributed by atoms with Gasteiger partial charge in [-0.3, -0.25) is 9.59 Å². The van der Waals surface area contributed by atoms with Gasteiger partial charge >= 0.3 is 0 Å². The van der Waals surface area contributed by atoms with Crippen molar-refractivity contribution in [2.45, 2.75) is 39.2 Å². The molecule has 1 aliphatic heterocycles. The number of hydrogen-bond acceptors (Lipinski definition) is 3. The molecule has 0 unspecified atom stereocenters. The summed E-state index contributed by atoms with van der Waals surface area (Å²) in [6.45, 7) is 4.77. The van der Waals surface area contributed by atoms with E-state index in [9.17, 15) is 9.59 Å². The van der Waals surface area contributed by atoms with Crippen molar-refractivity contribution in [2.24, 2.45) is 5.92 Å². The molecule has 1 fully saturated rings. The molecule has 2 aromatic heterocycles. The van der Waals surface area contributed by atoms with E-state index in [1.54, 1.807) is 6.20 Å². The second-order valence-corrected chi connectivity index (χ2v) is 8.26. The van der Waals surface area contributed by atoms with Gasteiger partial charge in [-0.05, 0) is 37.0 Å². The Morgan fingerprint density at radius 2 is 1.81 bits per heavy atom. The fraction of sp³-hybridized carbons (Fsp3) is 0.400. The highest BCUT2D eigenvalue weighted by atomic mass is 16.2. The van der Waals surface area contributed by atoms with E-state index in [0.29, 0.717) is 38.2 Å². The second-order valence-electron chi connectivity index (χ2n) is 8.26. The highest BCUT2D eigenvalue weighted by Gasteiger charge is 2.31. The molecule has 31 heavy (non-hydrogen) atoms. The summed E-state index contributed by atoms with van der Waals surface area (Å²) in [5, 5.41) is 0. The molecule has 3 aromatic rings. The SMILES string of the molecule is CCCCN(Cc1ccccc1)C(=O)C1CCN(C(=O)c2cn3ccccc3n2)CC1. The van der Waals surface area contributed by atoms with E-state index in [4.69, 9.17) is 0 Å². The van der Waals surface area contributed by atoms with E-state index in [-0.39, 0.29) is 17.7 Å². The number of piperidine rings is 1. The minimum Gasteiger partial charge on any atom is -0.338 e. The molecule has 1 aliphatic rings. The first-order valence-corrected chi connectivity index (χ1v) is 11.2. The van der Waals surface area contributed by atoms with Gasteiger partial charge in [-0.2, -0.15) is 0 Å². The molecule has 0 radical (unpaired) electrons. The third-order valence-corrected chi connectivity index (χ3v) is 6.02. The first-order valence-electron chi connectivity index (χ1n) is 11.2. The number of benzene rings is 1. The molecular formula is C25H30N4O2. The van der Waals surface area contributed by atoms with Crippen LogP contribution in [-0.2, 0) is 11.3 Å². The van der Waals surface area contributed by atoms with Gasteiger partial charge in [0, 0.05) is 44.5 Å². The number of nitrogens with zero attached hydrogens (tertiary/aromatic N) is 4. The fourth-order valence-electron chi connectivity index (χ4n) is 4.21. The molecule has 0 N–H and O–H groups in total. The summed E-state index contributed by atoms with van der Waals surface area (Å²) in [5.74, 6) is 0.143. The Morgan fingerprint density at radius 3 is 2.52 bits per heavy atom. The monoisotopic (exact) mass is 418 g/mol. The third kappa shape index (κ3) is 4.95. The van der Waals surface area contributed by atoms with Crippen LogP contribution in [-0.4, -0.2) is 50.6 Å². The number of likely N-dealkylation sites (tertiary alicyclic amines) is 1. The topological polar surface area (TPSA) is 57.9 Å². The number of unbranched alkanes of at least 4 members (excludes halogenated alkanes) is 1. The van der Waals surface area contributed by atoms with E-state index in [1.807, 2.05) is 56.8 Å². The van der Waals surface area contributed by atoms with Crippen molar-refractivity contribution in [2.75, 3.05) is 19.6 Å². The molecule has 1 saturated heterocycles. The number of rotatable bonds is 7. The molecule has 0 bridgehead atoms. The van der Waals surface area contributed by atoms with Gasteiger partial charge in [0.15, 0.2) is 0 Å². The zero-order valence-corrected chi connectivity index (χ0v) is 18.1. The van der Waals surface area contributed by atoms with Crippen LogP contribution in [0.4, 0.5) is 0 Å². The predicted molar refractivity (Wildman–Crippen MR) is 121 cm³/mol. The summed E-state index contributed by atoms with van der Waals surface area (Å²) in [6, 6.07) is 15.9. The van der Waals surface area contributed by atoms with Crippen LogP contribution in [0.1, 0.15) is 48.7 Å². The Hall–Kier alpha value is -3.15. The van der Waals surface area contributed by atoms with Gasteiger partial charge in [0.05, 0.1) is 0 Å². The van der Waals surface area contributed by atoms with Gasteiger partial charge in [0.2, 0.25) is 5.91 Å². The van der Waals surface area contributed by atoms with E-state index in [2.05, 4.69) is 24.0 Å². The molecule has 162 valence electrons. The minimum atomic E-state index is -0.0540. The lowest BCUT2D eigenvalue weighted by Gasteiger charge is -2.34. The summed E-state index contributed by atoms with van der Waals surface area (Å²) in [7, 11) is 0. The average molecular weight is 419 g/mol. The number of carbonyl (C=O) groups is 2. The second kappa shape index (κ2) is 9.77. The first kappa shape index (κ1) is 21.1. The van der Waals surface area contributed by atoms with E-state index >= 15 is 0 Å². The fourth-order valence-corrected chi connectivity index (χ4v) is 4.21. The van der Waals surface area contributed by atoms with Gasteiger partial charge in [-0.1, -0.05) is 49.7 Å². The van der Waals surface area contributed by atoms with E-state index in [0.717, 1.165) is 30.6 Å². The summed E-state index contributed by atoms with van der Waals surface area (Å²) >= 11 is 0. The van der Waals surface area contributed by atoms with Crippen molar-refractivity contribution in [3.8, 4) is 0 Å². The molecule has 3 heterocycles. The number of imidazole rings is 1. The number of pyridine rings is 1. The van der Waals surface area contributed by atoms with Crippen LogP contribution in [0.5, 0.6) is 0 Å². The van der Waals surface area contributed by atoms with E-state index in [1.165, 1.54) is 0 Å². The molecule has 6 nitrogen and oxygen atoms in total. The van der Waals surface area contributed by atoms with Crippen LogP contribution >= 0.6 is 0 Å². The average Bonchev–Trinajstić information content (AvgIpc) is 3.26. The van der Waals surface area contributed by atoms with Crippen LogP contribution in [0.15, 0.2) is 60.9 Å². The summed E-state index contributed by atoms with van der Waals surface area (Å²) in [5.41, 5.74) is 2.39. The van der Waals surface area contributed by atoms with Crippen molar-refractivity contribution >= 4 is 17.5 Å². The quantitative estimate of drug-likeness (QED) is 0.582. The van der Waals surface area contributed by atoms with Crippen molar-refractivity contribution < 1.29 is 9.59 Å². The predicted octanol–water partition coefficient (Wildman–Crippen LogP) is 4.02. The minimum absolute atomic E-state index is 0.0225. The van der Waals surface area contributed by atoms with Gasteiger partial charge in [0.25, 0.3) is 5.91 Å². The molecule has 0 spiro atoms. The number of carbonyl (C=O) groups excluding carboxylic acids is 2. The summed E-state index contributed by atoms with van der Waals surface area (Å²) < 4.78 is 1.86. The molecule has 2 amide bonds. The van der Waals surface area contributed by atoms with Crippen molar-refractivity contribution in [3.05, 3.63) is 72.2 Å². The van der Waals surface area contributed by atoms with E-state index < -0.39 is 0 Å². The van der Waals surface area contributed by atoms with Crippen molar-refractivity contribution in [1.29, 1.82) is 0 Å². The largest absolute Gasteiger partial charge is 0.338 e. The lowest BCUT2D eigenvalue weighted by atomic mass is 9.94. The Labute approximate surface area is 183 Å². The zero-order chi connectivity index (χ0) is 21.6. The Kier molecular flexibility index (Phi) is 6.65. The molecule has 4 rings (SSSR count). The van der Waals surface area contributed by atoms with Gasteiger partial charge in [0.1, 0.15) is 11.3 Å². The molecule has 0 atom stereocenters. The number of fused-ring (bicyclic) bond motifs is 1. The van der Waals surface area contributed by atoms with Crippen LogP contribution in [0.25, 0.3) is 5.65 Å². The molecular weight excluding hydrogens is 388 g/mol. The normalized spacial score (nSPS) is 14.7. The van der Waals surface area contributed by atoms with Gasteiger partial charge in [-0.25, -0.2) is 4.98 Å². The Bertz CT molecular complexity index is 989. The van der Waals surface area contributed by atoms with Crippen molar-refractivity contribution in [1.82, 2.24) is 19.2 Å². The molecule has 0 aliphatic carbocycles. The highest BCUT2D eigenvalue weighted by molar-refractivity contribution is 5.93. The lowest BCUT2D eigenvalue weighted by molar-refractivity contribution is -0.137. The van der Waals surface area contributed by atoms with Crippen LogP contribution < -0.4 is 0 Å². The number of amides is 2. The maximum absolute atomic E-state index is 13.3. The van der Waals surface area contributed by atoms with Crippen LogP contribution in [0.2, 0.25) is 0 Å². The third-order valence-electron chi connectivity index (χ3n) is 6.02. The zero-order valence-electron chi connectivity index (χ0n) is 18.1. The summed E-state index contributed by atoms with van der Waals surface area (Å²) in [4.78, 5) is 34.5. The number of hydrogen-bond donors (Lipinski definition) is 0. The molecule has 0 saturated carbocycles. The smallest absolute Gasteiger partial charge is 0.274 e. The maximum Gasteiger partial charge on any atom is 0.274 e. The van der Waals surface area contributed by atoms with Crippen LogP contribution in [0.3, 0.4) is 0 Å². The lowest BCUT2D eigenvalue weighted by Crippen LogP contribution is -2.44. The van der Waals surface area contributed by atoms with Gasteiger partial charge < -0.3 is 14.2 Å². The van der Waals surface area contributed by atoms with Gasteiger partial charge in [-0.15, -0.1) is 0 Å². The van der Waals surface area contributed by atoms with Crippen molar-refractivity contribution in [3.63, 3.8) is 0 Å². The first-order chi connectivity index (χ1) is 15.2. The summed E-state index contributed by atoms with van der Waals surface area (Å²) in [6.07, 6.45) is 7.14. The molecule has 6 heteroatoms. The van der Waals surface area contributed by atoms with Crippen LogP contribution in [0, 0.1) is 5.92 Å². The molecule has 1 aromatic carbocycles. The Balaban J connectivity index is 1.37. The maximum atomic E-state index is 13.3. The highest BCUT2D eigenvalue weighted by Crippen LogP contribution is 2.22.